The summed E-state index contributed by atoms with van der Waals surface area (Å²) in [6, 6.07) is 0. The summed E-state index contributed by atoms with van der Waals surface area (Å²) in [5, 5.41) is 4.41. The molecular weight excluding hydrogens is 284 g/mol. The van der Waals surface area contributed by atoms with Crippen molar-refractivity contribution in [2.75, 3.05) is 10.7 Å². The van der Waals surface area contributed by atoms with Crippen LogP contribution in [0.15, 0.2) is 6.20 Å². The van der Waals surface area contributed by atoms with Crippen LogP contribution in [-0.4, -0.2) is 15.0 Å². The van der Waals surface area contributed by atoms with Gasteiger partial charge in [-0.05, 0) is 13.8 Å². The zero-order chi connectivity index (χ0) is 15.6. The van der Waals surface area contributed by atoms with Crippen LogP contribution in [0.2, 0.25) is 0 Å². The number of rotatable bonds is 4. The molecule has 0 saturated carbocycles. The van der Waals surface area contributed by atoms with E-state index in [4.69, 9.17) is 5.84 Å². The zero-order valence-corrected chi connectivity index (χ0v) is 13.9. The van der Waals surface area contributed by atoms with Gasteiger partial charge in [-0.1, -0.05) is 20.8 Å². The van der Waals surface area contributed by atoms with Gasteiger partial charge in [-0.2, -0.15) is 0 Å². The molecule has 0 aromatic carbocycles. The van der Waals surface area contributed by atoms with Gasteiger partial charge >= 0.3 is 0 Å². The molecule has 2 heterocycles. The van der Waals surface area contributed by atoms with Crippen molar-refractivity contribution in [3.63, 3.8) is 0 Å². The summed E-state index contributed by atoms with van der Waals surface area (Å²) in [6.07, 6.45) is 1.89. The molecule has 0 unspecified atom stereocenters. The summed E-state index contributed by atoms with van der Waals surface area (Å²) in [5.74, 6) is 7.77. The number of thiazole rings is 1. The Bertz CT molecular complexity index is 629. The summed E-state index contributed by atoms with van der Waals surface area (Å²) >= 11 is 1.68. The molecule has 2 aromatic rings. The van der Waals surface area contributed by atoms with Gasteiger partial charge in [0, 0.05) is 22.1 Å². The molecule has 0 atom stereocenters. The Balaban J connectivity index is 2.28. The number of hydrogen-bond acceptors (Lipinski definition) is 7. The van der Waals surface area contributed by atoms with Crippen molar-refractivity contribution in [3.8, 4) is 0 Å². The highest BCUT2D eigenvalue weighted by Crippen LogP contribution is 2.26. The first-order valence-electron chi connectivity index (χ1n) is 6.82. The van der Waals surface area contributed by atoms with Gasteiger partial charge in [0.05, 0.1) is 11.6 Å². The zero-order valence-electron chi connectivity index (χ0n) is 13.1. The van der Waals surface area contributed by atoms with E-state index < -0.39 is 0 Å². The predicted octanol–water partition coefficient (Wildman–Crippen LogP) is 2.75. The van der Waals surface area contributed by atoms with Gasteiger partial charge in [-0.15, -0.1) is 11.3 Å². The van der Waals surface area contributed by atoms with E-state index in [2.05, 4.69) is 46.5 Å². The van der Waals surface area contributed by atoms with E-state index in [-0.39, 0.29) is 5.41 Å². The molecule has 7 heteroatoms. The molecule has 0 fully saturated rings. The van der Waals surface area contributed by atoms with E-state index in [0.29, 0.717) is 12.4 Å². The second-order valence-corrected chi connectivity index (χ2v) is 7.28. The number of aryl methyl sites for hydroxylation is 1. The highest BCUT2D eigenvalue weighted by molar-refractivity contribution is 7.11. The molecule has 0 aliphatic heterocycles. The van der Waals surface area contributed by atoms with E-state index in [0.717, 1.165) is 22.2 Å². The molecule has 114 valence electrons. The van der Waals surface area contributed by atoms with E-state index in [1.54, 1.807) is 11.3 Å². The smallest absolute Gasteiger partial charge is 0.148 e. The van der Waals surface area contributed by atoms with Gasteiger partial charge in [0.2, 0.25) is 0 Å². The second-order valence-electron chi connectivity index (χ2n) is 5.96. The normalized spacial score (nSPS) is 11.5. The number of nitrogens with two attached hydrogens (primary N) is 1. The Morgan fingerprint density at radius 1 is 1.19 bits per heavy atom. The molecule has 2 rings (SSSR count). The number of nitrogen functional groups attached to an aromatic ring is 1. The lowest BCUT2D eigenvalue weighted by molar-refractivity contribution is 0.546. The third-order valence-electron chi connectivity index (χ3n) is 3.05. The monoisotopic (exact) mass is 306 g/mol. The van der Waals surface area contributed by atoms with Crippen LogP contribution < -0.4 is 16.6 Å². The Hall–Kier alpha value is -1.73. The fourth-order valence-electron chi connectivity index (χ4n) is 1.82. The van der Waals surface area contributed by atoms with Crippen LogP contribution in [0.25, 0.3) is 0 Å². The predicted molar refractivity (Wildman–Crippen MR) is 87.5 cm³/mol. The standard InChI is InChI=1S/C14H22N6S/c1-8-11(17-7-10-6-16-9(2)21-10)18-13(14(3,4)5)19-12(8)20-15/h6H,7,15H2,1-5H3,(H2,17,18,19,20). The molecule has 0 aliphatic carbocycles. The maximum Gasteiger partial charge on any atom is 0.148 e. The minimum atomic E-state index is -0.142. The van der Waals surface area contributed by atoms with E-state index in [1.807, 2.05) is 20.0 Å². The minimum absolute atomic E-state index is 0.142. The number of hydrogen-bond donors (Lipinski definition) is 3. The molecule has 4 N–H and O–H groups in total. The van der Waals surface area contributed by atoms with Crippen molar-refractivity contribution in [1.82, 2.24) is 15.0 Å². The van der Waals surface area contributed by atoms with Crippen LogP contribution in [0.5, 0.6) is 0 Å². The lowest BCUT2D eigenvalue weighted by atomic mass is 9.95. The molecule has 0 spiro atoms. The number of nitrogens with one attached hydrogen (secondary N) is 2. The fourth-order valence-corrected chi connectivity index (χ4v) is 2.56. The third-order valence-corrected chi connectivity index (χ3v) is 3.97. The average Bonchev–Trinajstić information content (AvgIpc) is 2.82. The summed E-state index contributed by atoms with van der Waals surface area (Å²) < 4.78 is 0. The van der Waals surface area contributed by atoms with Crippen LogP contribution in [0, 0.1) is 13.8 Å². The Kier molecular flexibility index (Phi) is 4.43. The minimum Gasteiger partial charge on any atom is -0.365 e. The number of hydrazine groups is 1. The van der Waals surface area contributed by atoms with Gasteiger partial charge in [-0.25, -0.2) is 20.8 Å². The number of nitrogens with zero attached hydrogens (tertiary/aromatic N) is 3. The van der Waals surface area contributed by atoms with Gasteiger partial charge in [0.1, 0.15) is 17.5 Å². The van der Waals surface area contributed by atoms with E-state index in [1.165, 1.54) is 4.88 Å². The van der Waals surface area contributed by atoms with Crippen LogP contribution in [0.3, 0.4) is 0 Å². The SMILES string of the molecule is Cc1ncc(CNc2nc(C(C)(C)C)nc(NN)c2C)s1. The summed E-state index contributed by atoms with van der Waals surface area (Å²) in [5.41, 5.74) is 3.42. The second kappa shape index (κ2) is 5.95. The van der Waals surface area contributed by atoms with Gasteiger partial charge in [-0.3, -0.25) is 0 Å². The molecule has 0 amide bonds. The molecule has 6 nitrogen and oxygen atoms in total. The van der Waals surface area contributed by atoms with Crippen molar-refractivity contribution < 1.29 is 0 Å². The lowest BCUT2D eigenvalue weighted by Gasteiger charge is -2.20. The maximum atomic E-state index is 5.57. The van der Waals surface area contributed by atoms with Crippen LogP contribution in [-0.2, 0) is 12.0 Å². The van der Waals surface area contributed by atoms with Crippen molar-refractivity contribution >= 4 is 23.0 Å². The van der Waals surface area contributed by atoms with Crippen molar-refractivity contribution in [3.05, 3.63) is 27.5 Å². The quantitative estimate of drug-likeness (QED) is 0.594. The summed E-state index contributed by atoms with van der Waals surface area (Å²) in [7, 11) is 0. The Morgan fingerprint density at radius 2 is 1.86 bits per heavy atom. The third kappa shape index (κ3) is 3.68. The first-order valence-corrected chi connectivity index (χ1v) is 7.64. The maximum absolute atomic E-state index is 5.57. The van der Waals surface area contributed by atoms with Crippen molar-refractivity contribution in [1.29, 1.82) is 0 Å². The van der Waals surface area contributed by atoms with Crippen LogP contribution >= 0.6 is 11.3 Å². The molecule has 0 saturated heterocycles. The van der Waals surface area contributed by atoms with Gasteiger partial charge in [0.15, 0.2) is 0 Å². The number of aromatic nitrogens is 3. The molecular formula is C14H22N6S. The Labute approximate surface area is 129 Å². The van der Waals surface area contributed by atoms with Gasteiger partial charge in [0.25, 0.3) is 0 Å². The first kappa shape index (κ1) is 15.7. The summed E-state index contributed by atoms with van der Waals surface area (Å²) in [6.45, 7) is 10.9. The fraction of sp³-hybridized carbons (Fsp3) is 0.500. The van der Waals surface area contributed by atoms with Crippen LogP contribution in [0.4, 0.5) is 11.6 Å². The molecule has 0 bridgehead atoms. The lowest BCUT2D eigenvalue weighted by Crippen LogP contribution is -2.21. The largest absolute Gasteiger partial charge is 0.365 e. The molecule has 0 radical (unpaired) electrons. The first-order chi connectivity index (χ1) is 9.81. The molecule has 0 aliphatic rings. The van der Waals surface area contributed by atoms with Crippen molar-refractivity contribution in [2.24, 2.45) is 5.84 Å². The van der Waals surface area contributed by atoms with Crippen molar-refractivity contribution in [2.45, 2.75) is 46.6 Å². The Morgan fingerprint density at radius 3 is 2.38 bits per heavy atom. The molecule has 21 heavy (non-hydrogen) atoms. The van der Waals surface area contributed by atoms with E-state index in [9.17, 15) is 0 Å². The highest BCUT2D eigenvalue weighted by atomic mass is 32.1. The molecule has 2 aromatic heterocycles. The topological polar surface area (TPSA) is 88.8 Å². The number of anilines is 2. The highest BCUT2D eigenvalue weighted by Gasteiger charge is 2.21. The average molecular weight is 306 g/mol. The van der Waals surface area contributed by atoms with Crippen LogP contribution in [0.1, 0.15) is 42.0 Å². The summed E-state index contributed by atoms with van der Waals surface area (Å²) in [4.78, 5) is 14.6. The van der Waals surface area contributed by atoms with E-state index >= 15 is 0 Å². The van der Waals surface area contributed by atoms with Gasteiger partial charge < -0.3 is 10.7 Å².